The van der Waals surface area contributed by atoms with E-state index in [1.165, 1.54) is 13.3 Å². The number of rotatable bonds is 2. The Morgan fingerprint density at radius 1 is 1.64 bits per heavy atom. The van der Waals surface area contributed by atoms with E-state index >= 15 is 0 Å². The molecular formula is C8H15NO2. The predicted molar refractivity (Wildman–Crippen MR) is 42.1 cm³/mol. The normalized spacial score (nSPS) is 20.6. The van der Waals surface area contributed by atoms with Crippen LogP contribution in [0.4, 0.5) is 0 Å². The van der Waals surface area contributed by atoms with E-state index in [4.69, 9.17) is 5.11 Å². The van der Waals surface area contributed by atoms with Crippen molar-refractivity contribution >= 4 is 5.91 Å². The van der Waals surface area contributed by atoms with Gasteiger partial charge in [-0.25, -0.2) is 0 Å². The van der Waals surface area contributed by atoms with Crippen LogP contribution < -0.4 is 0 Å². The van der Waals surface area contributed by atoms with Crippen molar-refractivity contribution < 1.29 is 9.90 Å². The van der Waals surface area contributed by atoms with Crippen LogP contribution in [0.5, 0.6) is 0 Å². The van der Waals surface area contributed by atoms with E-state index in [1.54, 1.807) is 11.9 Å². The van der Waals surface area contributed by atoms with Gasteiger partial charge in [0.15, 0.2) is 0 Å². The topological polar surface area (TPSA) is 40.5 Å². The molecule has 0 aromatic heterocycles. The lowest BCUT2D eigenvalue weighted by molar-refractivity contribution is -0.141. The third-order valence-corrected chi connectivity index (χ3v) is 2.33. The Hall–Kier alpha value is -0.570. The van der Waals surface area contributed by atoms with Crippen LogP contribution in [-0.4, -0.2) is 35.1 Å². The number of nitrogens with zero attached hydrogens (tertiary/aromatic N) is 1. The molecule has 1 rings (SSSR count). The Morgan fingerprint density at radius 3 is 2.45 bits per heavy atom. The van der Waals surface area contributed by atoms with Crippen molar-refractivity contribution in [3.05, 3.63) is 0 Å². The van der Waals surface area contributed by atoms with Gasteiger partial charge in [0.25, 0.3) is 5.91 Å². The molecule has 0 heterocycles. The van der Waals surface area contributed by atoms with E-state index in [9.17, 15) is 4.79 Å². The summed E-state index contributed by atoms with van der Waals surface area (Å²) in [5.41, 5.74) is 0. The summed E-state index contributed by atoms with van der Waals surface area (Å²) in [5.74, 6) is -0.158. The third kappa shape index (κ3) is 1.71. The predicted octanol–water partition coefficient (Wildman–Crippen LogP) is 0.378. The van der Waals surface area contributed by atoms with Crippen molar-refractivity contribution in [3.63, 3.8) is 0 Å². The summed E-state index contributed by atoms with van der Waals surface area (Å²) in [6.07, 6.45) is 2.55. The fourth-order valence-electron chi connectivity index (χ4n) is 1.25. The maximum Gasteiger partial charge on any atom is 0.251 e. The molecule has 0 aliphatic heterocycles. The standard InChI is InChI=1S/C8H15NO2/c1-6(10)8(11)9(2)7-4-3-5-7/h6-7,10H,3-5H2,1-2H3/t6-/m1/s1. The lowest BCUT2D eigenvalue weighted by Gasteiger charge is -2.35. The number of hydrogen-bond donors (Lipinski definition) is 1. The monoisotopic (exact) mass is 157 g/mol. The molecule has 1 N–H and O–H groups in total. The van der Waals surface area contributed by atoms with Crippen molar-refractivity contribution in [1.82, 2.24) is 4.90 Å². The number of amides is 1. The minimum absolute atomic E-state index is 0.158. The van der Waals surface area contributed by atoms with Crippen molar-refractivity contribution in [2.24, 2.45) is 0 Å². The van der Waals surface area contributed by atoms with Gasteiger partial charge in [-0.1, -0.05) is 0 Å². The highest BCUT2D eigenvalue weighted by Crippen LogP contribution is 2.23. The van der Waals surface area contributed by atoms with E-state index in [0.29, 0.717) is 6.04 Å². The Bertz CT molecular complexity index is 152. The average molecular weight is 157 g/mol. The molecule has 64 valence electrons. The minimum Gasteiger partial charge on any atom is -0.384 e. The molecule has 1 fully saturated rings. The highest BCUT2D eigenvalue weighted by Gasteiger charge is 2.27. The van der Waals surface area contributed by atoms with E-state index in [2.05, 4.69) is 0 Å². The second-order valence-corrected chi connectivity index (χ2v) is 3.21. The quantitative estimate of drug-likeness (QED) is 0.629. The van der Waals surface area contributed by atoms with Gasteiger partial charge >= 0.3 is 0 Å². The lowest BCUT2D eigenvalue weighted by atomic mass is 9.91. The largest absolute Gasteiger partial charge is 0.384 e. The van der Waals surface area contributed by atoms with Crippen LogP contribution in [-0.2, 0) is 4.79 Å². The van der Waals surface area contributed by atoms with Crippen LogP contribution in [0.3, 0.4) is 0 Å². The summed E-state index contributed by atoms with van der Waals surface area (Å²) in [5, 5.41) is 8.97. The average Bonchev–Trinajstić information content (AvgIpc) is 1.82. The number of carbonyl (C=O) groups excluding carboxylic acids is 1. The summed E-state index contributed by atoms with van der Waals surface area (Å²) in [6, 6.07) is 0.386. The van der Waals surface area contributed by atoms with E-state index in [1.807, 2.05) is 0 Å². The van der Waals surface area contributed by atoms with Gasteiger partial charge in [0.2, 0.25) is 0 Å². The molecule has 0 radical (unpaired) electrons. The smallest absolute Gasteiger partial charge is 0.251 e. The molecule has 3 nitrogen and oxygen atoms in total. The van der Waals surface area contributed by atoms with Crippen molar-refractivity contribution in [2.75, 3.05) is 7.05 Å². The van der Waals surface area contributed by atoms with Crippen LogP contribution in [0, 0.1) is 0 Å². The van der Waals surface area contributed by atoms with E-state index < -0.39 is 6.10 Å². The molecule has 0 spiro atoms. The first-order valence-electron chi connectivity index (χ1n) is 4.07. The van der Waals surface area contributed by atoms with Crippen molar-refractivity contribution in [1.29, 1.82) is 0 Å². The van der Waals surface area contributed by atoms with E-state index in [-0.39, 0.29) is 5.91 Å². The first-order chi connectivity index (χ1) is 5.13. The second kappa shape index (κ2) is 3.22. The number of likely N-dealkylation sites (N-methyl/N-ethyl adjacent to an activating group) is 1. The summed E-state index contributed by atoms with van der Waals surface area (Å²) in [6.45, 7) is 1.51. The first-order valence-corrected chi connectivity index (χ1v) is 4.07. The maximum absolute atomic E-state index is 11.2. The van der Waals surface area contributed by atoms with Gasteiger partial charge < -0.3 is 10.0 Å². The van der Waals surface area contributed by atoms with Gasteiger partial charge in [0, 0.05) is 13.1 Å². The molecule has 3 heteroatoms. The maximum atomic E-state index is 11.2. The molecular weight excluding hydrogens is 142 g/mol. The van der Waals surface area contributed by atoms with Crippen LogP contribution in [0.25, 0.3) is 0 Å². The fraction of sp³-hybridized carbons (Fsp3) is 0.875. The highest BCUT2D eigenvalue weighted by molar-refractivity contribution is 5.80. The zero-order valence-electron chi connectivity index (χ0n) is 7.08. The van der Waals surface area contributed by atoms with Crippen molar-refractivity contribution in [2.45, 2.75) is 38.3 Å². The minimum atomic E-state index is -0.847. The molecule has 1 aliphatic carbocycles. The van der Waals surface area contributed by atoms with Crippen LogP contribution >= 0.6 is 0 Å². The lowest BCUT2D eigenvalue weighted by Crippen LogP contribution is -2.45. The molecule has 0 aromatic rings. The van der Waals surface area contributed by atoms with Gasteiger partial charge in [-0.3, -0.25) is 4.79 Å². The molecule has 1 atom stereocenters. The SMILES string of the molecule is C[C@@H](O)C(=O)N(C)C1CCC1. The van der Waals surface area contributed by atoms with E-state index in [0.717, 1.165) is 12.8 Å². The van der Waals surface area contributed by atoms with Gasteiger partial charge in [0.1, 0.15) is 6.10 Å². The Kier molecular flexibility index (Phi) is 2.49. The molecule has 11 heavy (non-hydrogen) atoms. The Balaban J connectivity index is 2.39. The number of hydrogen-bond acceptors (Lipinski definition) is 2. The third-order valence-electron chi connectivity index (χ3n) is 2.33. The van der Waals surface area contributed by atoms with Gasteiger partial charge in [0.05, 0.1) is 0 Å². The summed E-state index contributed by atoms with van der Waals surface area (Å²) < 4.78 is 0. The van der Waals surface area contributed by atoms with Crippen LogP contribution in [0.15, 0.2) is 0 Å². The summed E-state index contributed by atoms with van der Waals surface area (Å²) >= 11 is 0. The zero-order valence-corrected chi connectivity index (χ0v) is 7.08. The van der Waals surface area contributed by atoms with Gasteiger partial charge in [-0.15, -0.1) is 0 Å². The number of aliphatic hydroxyl groups excluding tert-OH is 1. The Morgan fingerprint density at radius 2 is 2.18 bits per heavy atom. The van der Waals surface area contributed by atoms with Crippen LogP contribution in [0.1, 0.15) is 26.2 Å². The molecule has 0 aromatic carbocycles. The zero-order chi connectivity index (χ0) is 8.43. The Labute approximate surface area is 67.0 Å². The second-order valence-electron chi connectivity index (χ2n) is 3.21. The molecule has 1 aliphatic rings. The molecule has 1 amide bonds. The summed E-state index contributed by atoms with van der Waals surface area (Å²) in [4.78, 5) is 12.8. The number of carbonyl (C=O) groups is 1. The fourth-order valence-corrected chi connectivity index (χ4v) is 1.25. The first kappa shape index (κ1) is 8.53. The summed E-state index contributed by atoms with van der Waals surface area (Å²) in [7, 11) is 1.76. The molecule has 0 bridgehead atoms. The number of aliphatic hydroxyl groups is 1. The molecule has 0 saturated heterocycles. The molecule has 1 saturated carbocycles. The van der Waals surface area contributed by atoms with Crippen LogP contribution in [0.2, 0.25) is 0 Å². The van der Waals surface area contributed by atoms with Gasteiger partial charge in [-0.05, 0) is 26.2 Å². The van der Waals surface area contributed by atoms with Gasteiger partial charge in [-0.2, -0.15) is 0 Å². The van der Waals surface area contributed by atoms with Crippen molar-refractivity contribution in [3.8, 4) is 0 Å². The highest BCUT2D eigenvalue weighted by atomic mass is 16.3. The molecule has 0 unspecified atom stereocenters.